The van der Waals surface area contributed by atoms with E-state index in [1.807, 2.05) is 0 Å². The zero-order valence-corrected chi connectivity index (χ0v) is 11.3. The minimum Gasteiger partial charge on any atom is -0.397 e. The molecule has 0 spiro atoms. The van der Waals surface area contributed by atoms with Gasteiger partial charge in [-0.1, -0.05) is 11.6 Å². The van der Waals surface area contributed by atoms with Crippen molar-refractivity contribution >= 4 is 23.0 Å². The monoisotopic (exact) mass is 271 g/mol. The van der Waals surface area contributed by atoms with Crippen LogP contribution in [0.5, 0.6) is 0 Å². The van der Waals surface area contributed by atoms with Gasteiger partial charge in [0.05, 0.1) is 16.4 Å². The number of nitrogens with one attached hydrogen (secondary N) is 1. The van der Waals surface area contributed by atoms with Gasteiger partial charge in [0.1, 0.15) is 5.82 Å². The fourth-order valence-corrected chi connectivity index (χ4v) is 2.57. The molecule has 0 aromatic heterocycles. The molecule has 1 unspecified atom stereocenters. The molecule has 1 saturated heterocycles. The molecule has 1 aromatic carbocycles. The average Bonchev–Trinajstić information content (AvgIpc) is 2.32. The van der Waals surface area contributed by atoms with Crippen LogP contribution in [0.25, 0.3) is 0 Å². The van der Waals surface area contributed by atoms with Gasteiger partial charge in [-0.15, -0.1) is 0 Å². The van der Waals surface area contributed by atoms with Crippen molar-refractivity contribution in [2.75, 3.05) is 37.7 Å². The lowest BCUT2D eigenvalue weighted by Gasteiger charge is -2.30. The fourth-order valence-electron chi connectivity index (χ4n) is 2.41. The van der Waals surface area contributed by atoms with Gasteiger partial charge in [-0.05, 0) is 38.4 Å². The van der Waals surface area contributed by atoms with Crippen LogP contribution in [0, 0.1) is 11.7 Å². The van der Waals surface area contributed by atoms with Gasteiger partial charge in [0.25, 0.3) is 0 Å². The Morgan fingerprint density at radius 3 is 3.06 bits per heavy atom. The Morgan fingerprint density at radius 1 is 1.56 bits per heavy atom. The van der Waals surface area contributed by atoms with Gasteiger partial charge in [0, 0.05) is 19.2 Å². The highest BCUT2D eigenvalue weighted by molar-refractivity contribution is 6.31. The molecule has 3 N–H and O–H groups in total. The minimum atomic E-state index is -0.475. The Hall–Kier alpha value is -1.00. The third-order valence-electron chi connectivity index (χ3n) is 3.40. The van der Waals surface area contributed by atoms with Gasteiger partial charge in [0.2, 0.25) is 0 Å². The highest BCUT2D eigenvalue weighted by atomic mass is 35.5. The van der Waals surface area contributed by atoms with Crippen molar-refractivity contribution in [2.45, 2.75) is 12.8 Å². The van der Waals surface area contributed by atoms with Crippen LogP contribution in [0.15, 0.2) is 12.1 Å². The maximum absolute atomic E-state index is 13.2. The number of nitrogens with two attached hydrogens (primary N) is 1. The van der Waals surface area contributed by atoms with Crippen molar-refractivity contribution < 1.29 is 4.39 Å². The molecule has 1 aromatic rings. The van der Waals surface area contributed by atoms with Gasteiger partial charge in [-0.2, -0.15) is 0 Å². The molecule has 100 valence electrons. The number of hydrogen-bond acceptors (Lipinski definition) is 3. The first-order chi connectivity index (χ1) is 8.56. The zero-order valence-electron chi connectivity index (χ0n) is 10.5. The third-order valence-corrected chi connectivity index (χ3v) is 3.69. The summed E-state index contributed by atoms with van der Waals surface area (Å²) in [7, 11) is 2.13. The summed E-state index contributed by atoms with van der Waals surface area (Å²) in [6.07, 6.45) is 2.44. The first-order valence-corrected chi connectivity index (χ1v) is 6.61. The molecule has 0 aliphatic carbocycles. The number of benzene rings is 1. The van der Waals surface area contributed by atoms with Gasteiger partial charge in [-0.3, -0.25) is 0 Å². The lowest BCUT2D eigenvalue weighted by atomic mass is 9.98. The van der Waals surface area contributed by atoms with E-state index in [2.05, 4.69) is 17.3 Å². The van der Waals surface area contributed by atoms with E-state index < -0.39 is 5.82 Å². The quantitative estimate of drug-likeness (QED) is 0.831. The smallest absolute Gasteiger partial charge is 0.143 e. The molecule has 0 saturated carbocycles. The maximum atomic E-state index is 13.2. The van der Waals surface area contributed by atoms with E-state index in [0.29, 0.717) is 11.6 Å². The maximum Gasteiger partial charge on any atom is 0.143 e. The predicted octanol–water partition coefficient (Wildman–Crippen LogP) is 2.82. The van der Waals surface area contributed by atoms with Crippen molar-refractivity contribution in [1.29, 1.82) is 0 Å². The van der Waals surface area contributed by atoms with Crippen LogP contribution in [0.3, 0.4) is 0 Å². The molecule has 0 amide bonds. The second kappa shape index (κ2) is 5.76. The first-order valence-electron chi connectivity index (χ1n) is 6.23. The Bertz CT molecular complexity index is 425. The summed E-state index contributed by atoms with van der Waals surface area (Å²) < 4.78 is 13.2. The van der Waals surface area contributed by atoms with Crippen LogP contribution in [-0.4, -0.2) is 31.6 Å². The van der Waals surface area contributed by atoms with Crippen molar-refractivity contribution in [3.63, 3.8) is 0 Å². The van der Waals surface area contributed by atoms with Gasteiger partial charge >= 0.3 is 0 Å². The van der Waals surface area contributed by atoms with Gasteiger partial charge < -0.3 is 16.0 Å². The Kier molecular flexibility index (Phi) is 4.30. The first kappa shape index (κ1) is 13.4. The van der Waals surface area contributed by atoms with Crippen LogP contribution in [0.2, 0.25) is 5.02 Å². The van der Waals surface area contributed by atoms with Crippen LogP contribution in [0.4, 0.5) is 15.8 Å². The van der Waals surface area contributed by atoms with E-state index in [1.54, 1.807) is 6.07 Å². The number of rotatable bonds is 3. The van der Waals surface area contributed by atoms with E-state index in [1.165, 1.54) is 25.5 Å². The topological polar surface area (TPSA) is 41.3 Å². The molecule has 0 radical (unpaired) electrons. The summed E-state index contributed by atoms with van der Waals surface area (Å²) in [5.41, 5.74) is 6.88. The van der Waals surface area contributed by atoms with Crippen molar-refractivity contribution in [3.8, 4) is 0 Å². The van der Waals surface area contributed by atoms with Crippen molar-refractivity contribution in [2.24, 2.45) is 5.92 Å². The Morgan fingerprint density at radius 2 is 2.33 bits per heavy atom. The zero-order chi connectivity index (χ0) is 13.1. The molecule has 1 aliphatic heterocycles. The molecule has 2 rings (SSSR count). The van der Waals surface area contributed by atoms with E-state index in [-0.39, 0.29) is 5.02 Å². The molecule has 0 bridgehead atoms. The number of likely N-dealkylation sites (tertiary alicyclic amines) is 1. The average molecular weight is 272 g/mol. The van der Waals surface area contributed by atoms with Crippen LogP contribution in [-0.2, 0) is 0 Å². The summed E-state index contributed by atoms with van der Waals surface area (Å²) >= 11 is 5.75. The molecule has 5 heteroatoms. The normalized spacial score (nSPS) is 20.9. The number of piperidine rings is 1. The molecule has 1 aliphatic rings. The number of nitrogens with zero attached hydrogens (tertiary/aromatic N) is 1. The number of nitrogen functional groups attached to an aromatic ring is 1. The number of anilines is 2. The lowest BCUT2D eigenvalue weighted by Crippen LogP contribution is -2.35. The Labute approximate surface area is 112 Å². The van der Waals surface area contributed by atoms with Crippen LogP contribution >= 0.6 is 11.6 Å². The number of halogens is 2. The number of hydrogen-bond donors (Lipinski definition) is 2. The molecule has 3 nitrogen and oxygen atoms in total. The molecular formula is C13H19ClFN3. The van der Waals surface area contributed by atoms with E-state index >= 15 is 0 Å². The molecular weight excluding hydrogens is 253 g/mol. The standard InChI is InChI=1S/C13H19ClFN3/c1-18-4-2-3-9(8-18)7-17-13-5-10(14)11(15)6-12(13)16/h5-6,9,17H,2-4,7-8,16H2,1H3. The second-order valence-corrected chi connectivity index (χ2v) is 5.41. The van der Waals surface area contributed by atoms with Crippen molar-refractivity contribution in [3.05, 3.63) is 23.0 Å². The summed E-state index contributed by atoms with van der Waals surface area (Å²) in [5.74, 6) is 0.129. The molecule has 1 atom stereocenters. The largest absolute Gasteiger partial charge is 0.397 e. The van der Waals surface area contributed by atoms with Gasteiger partial charge in [0.15, 0.2) is 0 Å². The van der Waals surface area contributed by atoms with Crippen LogP contribution < -0.4 is 11.1 Å². The predicted molar refractivity (Wildman–Crippen MR) is 74.5 cm³/mol. The van der Waals surface area contributed by atoms with E-state index in [0.717, 1.165) is 18.8 Å². The summed E-state index contributed by atoms with van der Waals surface area (Å²) in [6, 6.07) is 2.82. The lowest BCUT2D eigenvalue weighted by molar-refractivity contribution is 0.217. The van der Waals surface area contributed by atoms with Crippen LogP contribution in [0.1, 0.15) is 12.8 Å². The second-order valence-electron chi connectivity index (χ2n) is 5.00. The van der Waals surface area contributed by atoms with E-state index in [9.17, 15) is 4.39 Å². The third kappa shape index (κ3) is 3.27. The molecule has 1 fully saturated rings. The van der Waals surface area contributed by atoms with Gasteiger partial charge in [-0.25, -0.2) is 4.39 Å². The van der Waals surface area contributed by atoms with E-state index in [4.69, 9.17) is 17.3 Å². The SMILES string of the molecule is CN1CCCC(CNc2cc(Cl)c(F)cc2N)C1. The van der Waals surface area contributed by atoms with Crippen molar-refractivity contribution in [1.82, 2.24) is 4.90 Å². The summed E-state index contributed by atoms with van der Waals surface area (Å²) in [6.45, 7) is 3.10. The molecule has 18 heavy (non-hydrogen) atoms. The summed E-state index contributed by atoms with van der Waals surface area (Å²) in [4.78, 5) is 2.33. The minimum absolute atomic E-state index is 0.104. The molecule has 1 heterocycles. The fraction of sp³-hybridized carbons (Fsp3) is 0.538. The highest BCUT2D eigenvalue weighted by Gasteiger charge is 2.17. The Balaban J connectivity index is 1.95. The summed E-state index contributed by atoms with van der Waals surface area (Å²) in [5, 5.41) is 3.37. The highest BCUT2D eigenvalue weighted by Crippen LogP contribution is 2.27.